The van der Waals surface area contributed by atoms with Gasteiger partial charge < -0.3 is 20.7 Å². The number of aliphatic hydroxyl groups is 2. The molecule has 11 nitrogen and oxygen atoms in total. The van der Waals surface area contributed by atoms with E-state index in [-0.39, 0.29) is 17.0 Å². The van der Waals surface area contributed by atoms with Crippen LogP contribution in [-0.2, 0) is 4.74 Å². The maximum atomic E-state index is 13.4. The van der Waals surface area contributed by atoms with E-state index in [1.165, 1.54) is 17.2 Å². The summed E-state index contributed by atoms with van der Waals surface area (Å²) in [7, 11) is 0. The number of hydrogen-bond acceptors (Lipinski definition) is 8. The number of azide groups is 1. The smallest absolute Gasteiger partial charge is 0.198 e. The van der Waals surface area contributed by atoms with Crippen molar-refractivity contribution in [3.05, 3.63) is 23.1 Å². The fraction of sp³-hybridized carbons (Fsp3) is 0.545. The molecule has 12 heteroatoms. The van der Waals surface area contributed by atoms with Crippen molar-refractivity contribution in [1.29, 1.82) is 0 Å². The maximum absolute atomic E-state index is 13.4. The van der Waals surface area contributed by atoms with Gasteiger partial charge in [0, 0.05) is 4.91 Å². The zero-order valence-corrected chi connectivity index (χ0v) is 11.7. The van der Waals surface area contributed by atoms with Crippen LogP contribution in [0.4, 0.5) is 10.2 Å². The number of nitrogen functional groups attached to an aromatic ring is 1. The average molecular weight is 324 g/mol. The van der Waals surface area contributed by atoms with Crippen LogP contribution >= 0.6 is 0 Å². The Morgan fingerprint density at radius 1 is 1.52 bits per heavy atom. The fourth-order valence-corrected chi connectivity index (χ4v) is 2.66. The van der Waals surface area contributed by atoms with Gasteiger partial charge >= 0.3 is 0 Å². The van der Waals surface area contributed by atoms with E-state index in [1.54, 1.807) is 0 Å². The third kappa shape index (κ3) is 2.16. The summed E-state index contributed by atoms with van der Waals surface area (Å²) >= 11 is 0. The van der Waals surface area contributed by atoms with Crippen molar-refractivity contribution < 1.29 is 19.3 Å². The summed E-state index contributed by atoms with van der Waals surface area (Å²) in [5.41, 5.74) is 12.9. The van der Waals surface area contributed by atoms with Crippen LogP contribution in [0.5, 0.6) is 0 Å². The lowest BCUT2D eigenvalue weighted by Crippen LogP contribution is -2.43. The molecule has 4 N–H and O–H groups in total. The molecule has 0 radical (unpaired) electrons. The minimum Gasteiger partial charge on any atom is -0.393 e. The summed E-state index contributed by atoms with van der Waals surface area (Å²) in [6.07, 6.45) is -0.125. The predicted octanol–water partition coefficient (Wildman–Crippen LogP) is -0.117. The van der Waals surface area contributed by atoms with Crippen molar-refractivity contribution in [3.63, 3.8) is 0 Å². The van der Waals surface area contributed by atoms with Crippen molar-refractivity contribution in [2.75, 3.05) is 19.0 Å². The van der Waals surface area contributed by atoms with Gasteiger partial charge in [-0.05, 0) is 5.53 Å². The Labute approximate surface area is 128 Å². The Kier molecular flexibility index (Phi) is 3.74. The molecule has 0 aromatic carbocycles. The summed E-state index contributed by atoms with van der Waals surface area (Å²) in [6.45, 7) is -1.79. The van der Waals surface area contributed by atoms with E-state index in [9.17, 15) is 14.6 Å². The van der Waals surface area contributed by atoms with Gasteiger partial charge in [-0.25, -0.2) is 15.0 Å². The highest BCUT2D eigenvalue weighted by Gasteiger charge is 2.55. The van der Waals surface area contributed by atoms with Crippen LogP contribution in [0, 0.1) is 5.92 Å². The zero-order chi connectivity index (χ0) is 16.6. The lowest BCUT2D eigenvalue weighted by molar-refractivity contribution is -0.122. The molecule has 1 fully saturated rings. The van der Waals surface area contributed by atoms with E-state index >= 15 is 0 Å². The number of alkyl halides is 1. The average Bonchev–Trinajstić information content (AvgIpc) is 3.09. The first kappa shape index (κ1) is 15.4. The van der Waals surface area contributed by atoms with Gasteiger partial charge in [0.1, 0.15) is 24.2 Å². The van der Waals surface area contributed by atoms with Gasteiger partial charge in [-0.3, -0.25) is 8.96 Å². The van der Waals surface area contributed by atoms with Crippen LogP contribution in [-0.4, -0.2) is 54.8 Å². The molecule has 122 valence electrons. The number of anilines is 1. The van der Waals surface area contributed by atoms with Crippen molar-refractivity contribution in [2.45, 2.75) is 18.1 Å². The van der Waals surface area contributed by atoms with Crippen LogP contribution in [0.1, 0.15) is 6.23 Å². The van der Waals surface area contributed by atoms with Gasteiger partial charge in [0.25, 0.3) is 0 Å². The normalized spacial score (nSPS) is 30.5. The SMILES string of the molecule is [N-]=[N+]=N[C@]1(CO)O[C@@H](n2cnc3c(N)ncnc32)[C@@H](CF)[C@@H]1O. The maximum Gasteiger partial charge on any atom is 0.198 e. The van der Waals surface area contributed by atoms with Crippen molar-refractivity contribution >= 4 is 17.0 Å². The number of aromatic nitrogens is 4. The molecule has 2 aromatic heterocycles. The lowest BCUT2D eigenvalue weighted by Gasteiger charge is -2.24. The first-order chi connectivity index (χ1) is 11.1. The summed E-state index contributed by atoms with van der Waals surface area (Å²) in [4.78, 5) is 14.4. The molecule has 1 aliphatic rings. The second kappa shape index (κ2) is 5.59. The molecule has 1 aliphatic heterocycles. The fourth-order valence-electron chi connectivity index (χ4n) is 2.66. The molecule has 2 aromatic rings. The highest BCUT2D eigenvalue weighted by atomic mass is 19.1. The van der Waals surface area contributed by atoms with Gasteiger partial charge in [0.05, 0.1) is 25.5 Å². The molecule has 3 rings (SSSR count). The molecule has 0 amide bonds. The number of halogens is 1. The minimum absolute atomic E-state index is 0.132. The van der Waals surface area contributed by atoms with E-state index < -0.39 is 37.3 Å². The van der Waals surface area contributed by atoms with Crippen molar-refractivity contribution in [2.24, 2.45) is 11.0 Å². The van der Waals surface area contributed by atoms with Crippen LogP contribution in [0.15, 0.2) is 17.8 Å². The van der Waals surface area contributed by atoms with Gasteiger partial charge in [-0.15, -0.1) is 0 Å². The number of rotatable bonds is 4. The molecule has 0 saturated carbocycles. The Balaban J connectivity index is 2.11. The molecule has 1 saturated heterocycles. The predicted molar refractivity (Wildman–Crippen MR) is 74.3 cm³/mol. The molecular formula is C11H13FN8O3. The molecule has 4 atom stereocenters. The number of nitrogens with zero attached hydrogens (tertiary/aromatic N) is 7. The van der Waals surface area contributed by atoms with Crippen molar-refractivity contribution in [3.8, 4) is 0 Å². The quantitative estimate of drug-likeness (QED) is 0.400. The topological polar surface area (TPSA) is 168 Å². The number of hydrogen-bond donors (Lipinski definition) is 3. The van der Waals surface area contributed by atoms with Gasteiger partial charge in [0.15, 0.2) is 17.2 Å². The Bertz CT molecular complexity index is 778. The Morgan fingerprint density at radius 2 is 2.30 bits per heavy atom. The van der Waals surface area contributed by atoms with Crippen LogP contribution < -0.4 is 5.73 Å². The van der Waals surface area contributed by atoms with E-state index in [0.29, 0.717) is 0 Å². The lowest BCUT2D eigenvalue weighted by atomic mass is 9.97. The largest absolute Gasteiger partial charge is 0.393 e. The van der Waals surface area contributed by atoms with Crippen LogP contribution in [0.3, 0.4) is 0 Å². The molecule has 3 heterocycles. The van der Waals surface area contributed by atoms with E-state index in [0.717, 1.165) is 0 Å². The first-order valence-corrected chi connectivity index (χ1v) is 6.60. The number of fused-ring (bicyclic) bond motifs is 1. The third-order valence-electron chi connectivity index (χ3n) is 3.84. The number of aliphatic hydroxyl groups excluding tert-OH is 2. The summed E-state index contributed by atoms with van der Waals surface area (Å²) in [6, 6.07) is 0. The molecular weight excluding hydrogens is 311 g/mol. The van der Waals surface area contributed by atoms with E-state index in [4.69, 9.17) is 16.0 Å². The number of nitrogens with two attached hydrogens (primary N) is 1. The highest BCUT2D eigenvalue weighted by molar-refractivity contribution is 5.81. The molecule has 0 bridgehead atoms. The third-order valence-corrected chi connectivity index (χ3v) is 3.84. The first-order valence-electron chi connectivity index (χ1n) is 6.60. The Hall–Kier alpha value is -2.53. The second-order valence-corrected chi connectivity index (χ2v) is 5.05. The Morgan fingerprint density at radius 3 is 2.96 bits per heavy atom. The van der Waals surface area contributed by atoms with Gasteiger partial charge in [-0.1, -0.05) is 5.11 Å². The van der Waals surface area contributed by atoms with E-state index in [2.05, 4.69) is 25.0 Å². The molecule has 0 spiro atoms. The molecule has 0 aliphatic carbocycles. The summed E-state index contributed by atoms with van der Waals surface area (Å²) < 4.78 is 20.3. The number of imidazole rings is 1. The monoisotopic (exact) mass is 324 g/mol. The molecule has 0 unspecified atom stereocenters. The second-order valence-electron chi connectivity index (χ2n) is 5.05. The minimum atomic E-state index is -1.98. The summed E-state index contributed by atoms with van der Waals surface area (Å²) in [5, 5.41) is 23.0. The van der Waals surface area contributed by atoms with E-state index in [1.807, 2.05) is 0 Å². The van der Waals surface area contributed by atoms with Gasteiger partial charge in [0.2, 0.25) is 0 Å². The highest BCUT2D eigenvalue weighted by Crippen LogP contribution is 2.43. The van der Waals surface area contributed by atoms with Crippen LogP contribution in [0.2, 0.25) is 0 Å². The van der Waals surface area contributed by atoms with Gasteiger partial charge in [-0.2, -0.15) is 0 Å². The van der Waals surface area contributed by atoms with Crippen molar-refractivity contribution in [1.82, 2.24) is 19.5 Å². The standard InChI is InChI=1S/C11H13FN8O3/c12-1-5-7(22)11(2-21,18-19-14)23-10(5)20-4-17-6-8(13)15-3-16-9(6)20/h3-5,7,10,21-22H,1-2H2,(H2,13,15,16)/t5-,7-,10+,11+/m0/s1. The molecule has 23 heavy (non-hydrogen) atoms. The summed E-state index contributed by atoms with van der Waals surface area (Å²) in [5.74, 6) is -0.964. The number of ether oxygens (including phenoxy) is 1. The zero-order valence-electron chi connectivity index (χ0n) is 11.7. The van der Waals surface area contributed by atoms with Crippen LogP contribution in [0.25, 0.3) is 21.6 Å².